The van der Waals surface area contributed by atoms with Gasteiger partial charge in [-0.1, -0.05) is 0 Å². The number of pyridine rings is 1. The highest BCUT2D eigenvalue weighted by Crippen LogP contribution is 2.30. The number of hydrogen-bond donors (Lipinski definition) is 2. The molecule has 2 rings (SSSR count). The van der Waals surface area contributed by atoms with Crippen LogP contribution < -0.4 is 10.1 Å². The van der Waals surface area contributed by atoms with Gasteiger partial charge in [0.1, 0.15) is 0 Å². The maximum atomic E-state index is 12.8. The Morgan fingerprint density at radius 1 is 1.46 bits per heavy atom. The maximum Gasteiger partial charge on any atom is 0.340 e. The summed E-state index contributed by atoms with van der Waals surface area (Å²) in [6.45, 7) is 0.341. The number of nitrogens with zero attached hydrogens (tertiary/aromatic N) is 2. The molecule has 2 N–H and O–H groups in total. The van der Waals surface area contributed by atoms with E-state index in [2.05, 4.69) is 15.0 Å². The summed E-state index contributed by atoms with van der Waals surface area (Å²) < 4.78 is 54.1. The molecule has 1 fully saturated rings. The minimum Gasteiger partial charge on any atom is -0.481 e. The fraction of sp³-hybridized carbons (Fsp3) is 0.533. The summed E-state index contributed by atoms with van der Waals surface area (Å²) in [7, 11) is 0. The Bertz CT molecular complexity index is 671. The van der Waals surface area contributed by atoms with Crippen LogP contribution in [0.3, 0.4) is 0 Å². The van der Waals surface area contributed by atoms with Crippen LogP contribution in [0.1, 0.15) is 13.3 Å². The number of carboxylic acids is 1. The smallest absolute Gasteiger partial charge is 0.340 e. The van der Waals surface area contributed by atoms with Crippen molar-refractivity contribution >= 4 is 17.7 Å². The number of hydrogen-bond acceptors (Lipinski definition) is 4. The predicted molar refractivity (Wildman–Crippen MR) is 81.6 cm³/mol. The van der Waals surface area contributed by atoms with Crippen molar-refractivity contribution in [2.45, 2.75) is 25.7 Å². The highest BCUT2D eigenvalue weighted by Gasteiger charge is 2.42. The zero-order valence-corrected chi connectivity index (χ0v) is 13.7. The monoisotopic (exact) mass is 379 g/mol. The molecule has 26 heavy (non-hydrogen) atoms. The number of nitrogens with one attached hydrogen (secondary N) is 1. The van der Waals surface area contributed by atoms with Crippen LogP contribution in [0.2, 0.25) is 0 Å². The highest BCUT2D eigenvalue weighted by atomic mass is 19.3. The van der Waals surface area contributed by atoms with Gasteiger partial charge in [0.15, 0.2) is 6.61 Å². The van der Waals surface area contributed by atoms with E-state index in [1.54, 1.807) is 6.92 Å². The van der Waals surface area contributed by atoms with E-state index < -0.39 is 36.4 Å². The van der Waals surface area contributed by atoms with Crippen molar-refractivity contribution in [2.75, 3.05) is 25.0 Å². The van der Waals surface area contributed by atoms with Gasteiger partial charge in [-0.2, -0.15) is 8.78 Å². The molecule has 2 amide bonds. The first kappa shape index (κ1) is 19.7. The van der Waals surface area contributed by atoms with Gasteiger partial charge < -0.3 is 20.1 Å². The summed E-state index contributed by atoms with van der Waals surface area (Å²) in [6, 6.07) is 1.91. The first-order valence-electron chi connectivity index (χ1n) is 7.58. The van der Waals surface area contributed by atoms with Gasteiger partial charge in [-0.05, 0) is 19.4 Å². The zero-order chi connectivity index (χ0) is 19.5. The van der Waals surface area contributed by atoms with Crippen molar-refractivity contribution in [3.05, 3.63) is 18.3 Å². The SMILES string of the molecule is CC1(C(=O)O)CCN(C(=O)Nc2ccc(OCC(F)(F)C(F)F)nc2)C1. The van der Waals surface area contributed by atoms with Crippen LogP contribution in [0.5, 0.6) is 5.88 Å². The van der Waals surface area contributed by atoms with Crippen molar-refractivity contribution in [2.24, 2.45) is 5.41 Å². The maximum absolute atomic E-state index is 12.8. The van der Waals surface area contributed by atoms with Gasteiger partial charge in [-0.3, -0.25) is 4.79 Å². The number of carboxylic acid groups (broad SMARTS) is 1. The Morgan fingerprint density at radius 2 is 2.15 bits per heavy atom. The van der Waals surface area contributed by atoms with Crippen LogP contribution >= 0.6 is 0 Å². The first-order valence-corrected chi connectivity index (χ1v) is 7.58. The van der Waals surface area contributed by atoms with Crippen molar-refractivity contribution < 1.29 is 37.0 Å². The Labute approximate surface area is 145 Å². The number of anilines is 1. The van der Waals surface area contributed by atoms with Crippen LogP contribution in [-0.2, 0) is 4.79 Å². The molecule has 0 aromatic carbocycles. The number of alkyl halides is 4. The Balaban J connectivity index is 1.89. The Hall–Kier alpha value is -2.59. The second-order valence-electron chi connectivity index (χ2n) is 6.20. The number of urea groups is 1. The number of likely N-dealkylation sites (tertiary alicyclic amines) is 1. The van der Waals surface area contributed by atoms with Gasteiger partial charge in [0.25, 0.3) is 0 Å². The van der Waals surface area contributed by atoms with E-state index >= 15 is 0 Å². The number of rotatable bonds is 6. The second kappa shape index (κ2) is 7.34. The summed E-state index contributed by atoms with van der Waals surface area (Å²) in [5, 5.41) is 11.6. The summed E-state index contributed by atoms with van der Waals surface area (Å²) in [4.78, 5) is 28.3. The van der Waals surface area contributed by atoms with Crippen LogP contribution in [0.4, 0.5) is 28.0 Å². The van der Waals surface area contributed by atoms with Crippen molar-refractivity contribution in [3.63, 3.8) is 0 Å². The lowest BCUT2D eigenvalue weighted by Gasteiger charge is -2.20. The van der Waals surface area contributed by atoms with E-state index in [1.165, 1.54) is 11.0 Å². The zero-order valence-electron chi connectivity index (χ0n) is 13.7. The molecule has 1 aromatic heterocycles. The number of carbonyl (C=O) groups excluding carboxylic acids is 1. The number of amides is 2. The third-order valence-electron chi connectivity index (χ3n) is 4.00. The fourth-order valence-corrected chi connectivity index (χ4v) is 2.28. The highest BCUT2D eigenvalue weighted by molar-refractivity contribution is 5.90. The summed E-state index contributed by atoms with van der Waals surface area (Å²) in [5.74, 6) is -5.58. The van der Waals surface area contributed by atoms with Crippen LogP contribution in [0.25, 0.3) is 0 Å². The largest absolute Gasteiger partial charge is 0.481 e. The summed E-state index contributed by atoms with van der Waals surface area (Å²) >= 11 is 0. The molecule has 11 heteroatoms. The van der Waals surface area contributed by atoms with Crippen molar-refractivity contribution in [1.82, 2.24) is 9.88 Å². The van der Waals surface area contributed by atoms with Crippen LogP contribution in [0.15, 0.2) is 18.3 Å². The Morgan fingerprint density at radius 3 is 2.65 bits per heavy atom. The molecule has 1 aromatic rings. The van der Waals surface area contributed by atoms with Crippen LogP contribution in [-0.4, -0.2) is 59.0 Å². The molecule has 0 spiro atoms. The second-order valence-corrected chi connectivity index (χ2v) is 6.20. The lowest BCUT2D eigenvalue weighted by molar-refractivity contribution is -0.148. The van der Waals surface area contributed by atoms with E-state index in [0.29, 0.717) is 6.42 Å². The molecule has 1 unspecified atom stereocenters. The average molecular weight is 379 g/mol. The molecule has 0 radical (unpaired) electrons. The minimum absolute atomic E-state index is 0.0471. The van der Waals surface area contributed by atoms with Gasteiger partial charge >= 0.3 is 24.3 Å². The van der Waals surface area contributed by atoms with E-state index in [-0.39, 0.29) is 24.7 Å². The Kier molecular flexibility index (Phi) is 5.57. The molecule has 0 aliphatic carbocycles. The molecule has 0 saturated carbocycles. The van der Waals surface area contributed by atoms with E-state index in [9.17, 15) is 27.2 Å². The number of halogens is 4. The third kappa shape index (κ3) is 4.52. The van der Waals surface area contributed by atoms with Gasteiger partial charge in [0.05, 0.1) is 17.3 Å². The minimum atomic E-state index is -4.29. The predicted octanol–water partition coefficient (Wildman–Crippen LogP) is 2.69. The molecule has 2 heterocycles. The molecule has 1 atom stereocenters. The topological polar surface area (TPSA) is 91.8 Å². The summed E-state index contributed by atoms with van der Waals surface area (Å²) in [6.07, 6.45) is -2.42. The lowest BCUT2D eigenvalue weighted by Crippen LogP contribution is -2.37. The van der Waals surface area contributed by atoms with Crippen molar-refractivity contribution in [3.8, 4) is 5.88 Å². The molecular formula is C15H17F4N3O4. The van der Waals surface area contributed by atoms with E-state index in [1.807, 2.05) is 0 Å². The normalized spacial score (nSPS) is 20.3. The van der Waals surface area contributed by atoms with Gasteiger partial charge in [0, 0.05) is 19.2 Å². The van der Waals surface area contributed by atoms with Gasteiger partial charge in [-0.25, -0.2) is 18.6 Å². The lowest BCUT2D eigenvalue weighted by atomic mass is 9.90. The molecule has 7 nitrogen and oxygen atoms in total. The van der Waals surface area contributed by atoms with Gasteiger partial charge in [0.2, 0.25) is 5.88 Å². The third-order valence-corrected chi connectivity index (χ3v) is 4.00. The van der Waals surface area contributed by atoms with Gasteiger partial charge in [-0.15, -0.1) is 0 Å². The molecule has 144 valence electrons. The van der Waals surface area contributed by atoms with E-state index in [4.69, 9.17) is 5.11 Å². The number of aromatic nitrogens is 1. The standard InChI is InChI=1S/C15H17F4N3O4/c1-14(12(23)24)4-5-22(7-14)13(25)21-9-2-3-10(20-6-9)26-8-15(18,19)11(16)17/h2-3,6,11H,4-5,7-8H2,1H3,(H,21,25)(H,23,24). The first-order chi connectivity index (χ1) is 12.0. The van der Waals surface area contributed by atoms with Crippen LogP contribution in [0, 0.1) is 5.41 Å². The average Bonchev–Trinajstić information content (AvgIpc) is 2.98. The van der Waals surface area contributed by atoms with Crippen molar-refractivity contribution in [1.29, 1.82) is 0 Å². The quantitative estimate of drug-likeness (QED) is 0.742. The fourth-order valence-electron chi connectivity index (χ4n) is 2.28. The number of aliphatic carboxylic acids is 1. The molecule has 1 saturated heterocycles. The number of carbonyl (C=O) groups is 2. The molecule has 0 bridgehead atoms. The molecular weight excluding hydrogens is 362 g/mol. The molecule has 1 aliphatic heterocycles. The summed E-state index contributed by atoms with van der Waals surface area (Å²) in [5.41, 5.74) is -0.796. The molecule has 1 aliphatic rings. The number of ether oxygens (including phenoxy) is 1. The van der Waals surface area contributed by atoms with E-state index in [0.717, 1.165) is 12.3 Å².